The summed E-state index contributed by atoms with van der Waals surface area (Å²) in [6.45, 7) is 2.14. The van der Waals surface area contributed by atoms with Crippen molar-refractivity contribution in [1.82, 2.24) is 5.32 Å². The van der Waals surface area contributed by atoms with Gasteiger partial charge in [0, 0.05) is 11.8 Å². The van der Waals surface area contributed by atoms with E-state index in [2.05, 4.69) is 12.2 Å². The number of hydrogen-bond donors (Lipinski definition) is 1. The molecule has 0 amide bonds. The van der Waals surface area contributed by atoms with Gasteiger partial charge < -0.3 is 5.32 Å². The Labute approximate surface area is 122 Å². The summed E-state index contributed by atoms with van der Waals surface area (Å²) in [5.41, 5.74) is 0. The van der Waals surface area contributed by atoms with Crippen LogP contribution >= 0.6 is 23.2 Å². The lowest BCUT2D eigenvalue weighted by Crippen LogP contribution is -2.24. The number of nitrogens with one attached hydrogen (secondary N) is 1. The monoisotopic (exact) mass is 307 g/mol. The molecule has 2 unspecified atom stereocenters. The third-order valence-corrected chi connectivity index (χ3v) is 5.34. The molecule has 0 heterocycles. The van der Waals surface area contributed by atoms with E-state index in [0.29, 0.717) is 26.7 Å². The molecule has 0 radical (unpaired) electrons. The van der Waals surface area contributed by atoms with E-state index in [1.807, 2.05) is 7.05 Å². The van der Waals surface area contributed by atoms with Gasteiger partial charge in [-0.1, -0.05) is 36.2 Å². The number of halogens is 2. The van der Waals surface area contributed by atoms with Crippen molar-refractivity contribution in [2.75, 3.05) is 12.8 Å². The van der Waals surface area contributed by atoms with Crippen molar-refractivity contribution in [2.45, 2.75) is 37.1 Å². The molecule has 0 saturated heterocycles. The first-order valence-electron chi connectivity index (χ1n) is 6.09. The molecule has 1 aromatic rings. The summed E-state index contributed by atoms with van der Waals surface area (Å²) >= 11 is 12.1. The molecular formula is C13H19Cl2NOS. The molecule has 0 spiro atoms. The summed E-state index contributed by atoms with van der Waals surface area (Å²) in [7, 11) is 0.836. The van der Waals surface area contributed by atoms with Crippen LogP contribution in [0.2, 0.25) is 10.0 Å². The summed E-state index contributed by atoms with van der Waals surface area (Å²) < 4.78 is 12.2. The van der Waals surface area contributed by atoms with Crippen molar-refractivity contribution in [3.63, 3.8) is 0 Å². The second kappa shape index (κ2) is 8.16. The average Bonchev–Trinajstić information content (AvgIpc) is 2.34. The van der Waals surface area contributed by atoms with Gasteiger partial charge in [0.25, 0.3) is 0 Å². The van der Waals surface area contributed by atoms with E-state index in [0.717, 1.165) is 19.3 Å². The Bertz CT molecular complexity index is 388. The van der Waals surface area contributed by atoms with Crippen LogP contribution in [0.15, 0.2) is 23.1 Å². The summed E-state index contributed by atoms with van der Waals surface area (Å²) in [4.78, 5) is 0.568. The van der Waals surface area contributed by atoms with Crippen LogP contribution in [0, 0.1) is 0 Å². The lowest BCUT2D eigenvalue weighted by Gasteiger charge is -2.13. The number of benzene rings is 1. The molecule has 0 aliphatic rings. The van der Waals surface area contributed by atoms with Crippen LogP contribution in [0.1, 0.15) is 26.2 Å². The fourth-order valence-corrected chi connectivity index (χ4v) is 3.93. The first-order valence-corrected chi connectivity index (χ1v) is 8.17. The van der Waals surface area contributed by atoms with Crippen LogP contribution in [0.4, 0.5) is 0 Å². The zero-order valence-electron chi connectivity index (χ0n) is 10.7. The lowest BCUT2D eigenvalue weighted by molar-refractivity contribution is 0.503. The van der Waals surface area contributed by atoms with Gasteiger partial charge in [-0.2, -0.15) is 0 Å². The minimum absolute atomic E-state index is 0.487. The molecule has 0 fully saturated rings. The molecule has 2 nitrogen and oxygen atoms in total. The van der Waals surface area contributed by atoms with E-state index < -0.39 is 10.8 Å². The van der Waals surface area contributed by atoms with E-state index in [9.17, 15) is 4.21 Å². The van der Waals surface area contributed by atoms with Crippen LogP contribution in [0.25, 0.3) is 0 Å². The third kappa shape index (κ3) is 4.54. The molecule has 0 bridgehead atoms. The van der Waals surface area contributed by atoms with E-state index in [1.54, 1.807) is 18.2 Å². The molecular weight excluding hydrogens is 289 g/mol. The van der Waals surface area contributed by atoms with E-state index in [4.69, 9.17) is 23.2 Å². The van der Waals surface area contributed by atoms with Gasteiger partial charge >= 0.3 is 0 Å². The Kier molecular flexibility index (Phi) is 7.23. The second-order valence-electron chi connectivity index (χ2n) is 4.14. The first kappa shape index (κ1) is 16.0. The molecule has 0 aliphatic heterocycles. The molecule has 5 heteroatoms. The van der Waals surface area contributed by atoms with Gasteiger partial charge in [0.15, 0.2) is 0 Å². The van der Waals surface area contributed by atoms with Crippen LogP contribution in [-0.2, 0) is 10.8 Å². The normalized spacial score (nSPS) is 14.4. The van der Waals surface area contributed by atoms with Crippen molar-refractivity contribution in [3.8, 4) is 0 Å². The Hall–Kier alpha value is -0.0900. The molecule has 2 atom stereocenters. The molecule has 0 aliphatic carbocycles. The Morgan fingerprint density at radius 1 is 1.33 bits per heavy atom. The SMILES string of the molecule is CCC(CCCS(=O)c1c(Cl)cccc1Cl)NC. The quantitative estimate of drug-likeness (QED) is 0.828. The van der Waals surface area contributed by atoms with Crippen LogP contribution in [0.5, 0.6) is 0 Å². The summed E-state index contributed by atoms with van der Waals surface area (Å²) in [5.74, 6) is 0.599. The maximum Gasteiger partial charge on any atom is 0.0760 e. The predicted octanol–water partition coefficient (Wildman–Crippen LogP) is 3.88. The van der Waals surface area contributed by atoms with Crippen LogP contribution in [-0.4, -0.2) is 23.1 Å². The maximum atomic E-state index is 12.2. The standard InChI is InChI=1S/C13H19Cl2NOS/c1-3-10(16-2)6-5-9-18(17)13-11(14)7-4-8-12(13)15/h4,7-8,10,16H,3,5-6,9H2,1-2H3. The highest BCUT2D eigenvalue weighted by Crippen LogP contribution is 2.28. The van der Waals surface area contributed by atoms with Crippen molar-refractivity contribution < 1.29 is 4.21 Å². The topological polar surface area (TPSA) is 29.1 Å². The van der Waals surface area contributed by atoms with Crippen LogP contribution in [0.3, 0.4) is 0 Å². The summed E-state index contributed by atoms with van der Waals surface area (Å²) in [5, 5.41) is 4.21. The third-order valence-electron chi connectivity index (χ3n) is 2.93. The number of hydrogen-bond acceptors (Lipinski definition) is 2. The molecule has 0 saturated carbocycles. The van der Waals surface area contributed by atoms with Gasteiger partial charge in [-0.25, -0.2) is 0 Å². The van der Waals surface area contributed by atoms with Gasteiger partial charge in [0.1, 0.15) is 0 Å². The fraction of sp³-hybridized carbons (Fsp3) is 0.538. The molecule has 102 valence electrons. The highest BCUT2D eigenvalue weighted by Gasteiger charge is 2.13. The molecule has 0 aromatic heterocycles. The average molecular weight is 308 g/mol. The predicted molar refractivity (Wildman–Crippen MR) is 80.1 cm³/mol. The second-order valence-corrected chi connectivity index (χ2v) is 6.46. The smallest absolute Gasteiger partial charge is 0.0760 e. The Morgan fingerprint density at radius 2 is 1.94 bits per heavy atom. The molecule has 1 N–H and O–H groups in total. The Balaban J connectivity index is 2.56. The van der Waals surface area contributed by atoms with Crippen molar-refractivity contribution in [2.24, 2.45) is 0 Å². The van der Waals surface area contributed by atoms with E-state index in [1.165, 1.54) is 0 Å². The largest absolute Gasteiger partial charge is 0.317 e. The highest BCUT2D eigenvalue weighted by atomic mass is 35.5. The molecule has 1 rings (SSSR count). The number of rotatable bonds is 7. The zero-order chi connectivity index (χ0) is 13.5. The van der Waals surface area contributed by atoms with Crippen LogP contribution < -0.4 is 5.32 Å². The lowest BCUT2D eigenvalue weighted by atomic mass is 10.1. The van der Waals surface area contributed by atoms with Gasteiger partial charge in [-0.15, -0.1) is 0 Å². The molecule has 1 aromatic carbocycles. The molecule has 18 heavy (non-hydrogen) atoms. The highest BCUT2D eigenvalue weighted by molar-refractivity contribution is 7.85. The zero-order valence-corrected chi connectivity index (χ0v) is 13.0. The van der Waals surface area contributed by atoms with Crippen molar-refractivity contribution in [3.05, 3.63) is 28.2 Å². The van der Waals surface area contributed by atoms with Gasteiger partial charge in [0.2, 0.25) is 0 Å². The van der Waals surface area contributed by atoms with Gasteiger partial charge in [-0.05, 0) is 38.4 Å². The first-order chi connectivity index (χ1) is 8.60. The van der Waals surface area contributed by atoms with Crippen molar-refractivity contribution >= 4 is 34.0 Å². The van der Waals surface area contributed by atoms with Gasteiger partial charge in [-0.3, -0.25) is 4.21 Å². The van der Waals surface area contributed by atoms with E-state index in [-0.39, 0.29) is 0 Å². The summed E-state index contributed by atoms with van der Waals surface area (Å²) in [6, 6.07) is 5.70. The summed E-state index contributed by atoms with van der Waals surface area (Å²) in [6.07, 6.45) is 2.99. The fourth-order valence-electron chi connectivity index (χ4n) is 1.82. The minimum Gasteiger partial charge on any atom is -0.317 e. The van der Waals surface area contributed by atoms with Crippen molar-refractivity contribution in [1.29, 1.82) is 0 Å². The van der Waals surface area contributed by atoms with Gasteiger partial charge in [0.05, 0.1) is 25.7 Å². The minimum atomic E-state index is -1.12. The van der Waals surface area contributed by atoms with E-state index >= 15 is 0 Å². The Morgan fingerprint density at radius 3 is 2.44 bits per heavy atom. The maximum absolute atomic E-state index is 12.2.